The van der Waals surface area contributed by atoms with Gasteiger partial charge in [-0.1, -0.05) is 60.7 Å². The number of carboxylic acids is 1. The van der Waals surface area contributed by atoms with Crippen LogP contribution in [0.2, 0.25) is 0 Å². The second-order valence-electron chi connectivity index (χ2n) is 7.20. The molecule has 0 aliphatic carbocycles. The fraction of sp³-hybridized carbons (Fsp3) is 0.227. The van der Waals surface area contributed by atoms with Gasteiger partial charge in [0.05, 0.1) is 0 Å². The minimum absolute atomic E-state index is 0.0189. The van der Waals surface area contributed by atoms with E-state index in [9.17, 15) is 19.5 Å². The molecule has 4 N–H and O–H groups in total. The van der Waals surface area contributed by atoms with Gasteiger partial charge in [-0.05, 0) is 23.1 Å². The van der Waals surface area contributed by atoms with Crippen molar-refractivity contribution in [2.75, 3.05) is 5.75 Å². The number of rotatable bonds is 6. The Bertz CT molecular complexity index is 1010. The molecular weight excluding hydrogens is 402 g/mol. The van der Waals surface area contributed by atoms with Gasteiger partial charge in [-0.15, -0.1) is 11.8 Å². The minimum Gasteiger partial charge on any atom is -0.477 e. The fourth-order valence-corrected chi connectivity index (χ4v) is 5.06. The smallest absolute Gasteiger partial charge is 0.352 e. The van der Waals surface area contributed by atoms with E-state index in [1.165, 1.54) is 16.7 Å². The van der Waals surface area contributed by atoms with Crippen LogP contribution in [0.5, 0.6) is 0 Å². The van der Waals surface area contributed by atoms with Crippen LogP contribution < -0.4 is 11.1 Å². The maximum atomic E-state index is 12.8. The normalized spacial score (nSPS) is 21.5. The Labute approximate surface area is 177 Å². The molecule has 1 unspecified atom stereocenters. The number of carbonyl (C=O) groups excluding carboxylic acids is 2. The van der Waals surface area contributed by atoms with E-state index in [-0.39, 0.29) is 5.70 Å². The molecule has 4 rings (SSSR count). The van der Waals surface area contributed by atoms with Gasteiger partial charge in [-0.25, -0.2) is 4.79 Å². The number of amides is 2. The van der Waals surface area contributed by atoms with Gasteiger partial charge in [0.2, 0.25) is 5.91 Å². The molecule has 3 atom stereocenters. The van der Waals surface area contributed by atoms with E-state index in [0.29, 0.717) is 23.3 Å². The predicted molar refractivity (Wildman–Crippen MR) is 113 cm³/mol. The number of nitrogens with zero attached hydrogens (tertiary/aromatic N) is 1. The summed E-state index contributed by atoms with van der Waals surface area (Å²) in [6.45, 7) is 0. The summed E-state index contributed by atoms with van der Waals surface area (Å²) in [6.07, 6.45) is 0.460. The number of carboxylic acid groups (broad SMARTS) is 1. The highest BCUT2D eigenvalue weighted by molar-refractivity contribution is 8.00. The predicted octanol–water partition coefficient (Wildman–Crippen LogP) is 1.67. The Hall–Kier alpha value is -3.10. The zero-order valence-electron chi connectivity index (χ0n) is 16.0. The summed E-state index contributed by atoms with van der Waals surface area (Å²) in [5.74, 6) is -1.55. The lowest BCUT2D eigenvalue weighted by atomic mass is 9.98. The number of benzene rings is 2. The van der Waals surface area contributed by atoms with Gasteiger partial charge in [0.1, 0.15) is 23.2 Å². The Morgan fingerprint density at radius 2 is 1.77 bits per heavy atom. The first-order valence-corrected chi connectivity index (χ1v) is 10.6. The summed E-state index contributed by atoms with van der Waals surface area (Å²) in [5.41, 5.74) is 8.35. The fourth-order valence-electron chi connectivity index (χ4n) is 3.72. The van der Waals surface area contributed by atoms with E-state index in [4.69, 9.17) is 5.73 Å². The van der Waals surface area contributed by atoms with E-state index in [1.54, 1.807) is 24.3 Å². The van der Waals surface area contributed by atoms with E-state index >= 15 is 0 Å². The van der Waals surface area contributed by atoms with Gasteiger partial charge >= 0.3 is 5.97 Å². The molecule has 8 heteroatoms. The summed E-state index contributed by atoms with van der Waals surface area (Å²) in [5, 5.41) is 12.0. The molecule has 0 aromatic heterocycles. The van der Waals surface area contributed by atoms with Crippen molar-refractivity contribution in [2.24, 2.45) is 5.73 Å². The Balaban J connectivity index is 1.50. The highest BCUT2D eigenvalue weighted by atomic mass is 32.2. The van der Waals surface area contributed by atoms with E-state index in [0.717, 1.165) is 5.56 Å². The van der Waals surface area contributed by atoms with Crippen molar-refractivity contribution in [3.63, 3.8) is 0 Å². The van der Waals surface area contributed by atoms with Crippen molar-refractivity contribution in [2.45, 2.75) is 23.9 Å². The van der Waals surface area contributed by atoms with Crippen molar-refractivity contribution in [1.82, 2.24) is 10.2 Å². The first-order chi connectivity index (χ1) is 14.5. The monoisotopic (exact) mass is 423 g/mol. The van der Waals surface area contributed by atoms with Crippen molar-refractivity contribution in [3.05, 3.63) is 83.1 Å². The van der Waals surface area contributed by atoms with Gasteiger partial charge < -0.3 is 16.2 Å². The Morgan fingerprint density at radius 3 is 2.40 bits per heavy atom. The molecule has 0 bridgehead atoms. The van der Waals surface area contributed by atoms with Gasteiger partial charge in [0.25, 0.3) is 5.91 Å². The zero-order chi connectivity index (χ0) is 21.3. The molecule has 2 aliphatic rings. The van der Waals surface area contributed by atoms with Crippen molar-refractivity contribution in [3.8, 4) is 0 Å². The molecule has 1 saturated heterocycles. The van der Waals surface area contributed by atoms with Crippen molar-refractivity contribution in [1.29, 1.82) is 0 Å². The number of thioether (sulfide) groups is 1. The number of nitrogens with two attached hydrogens (primary N) is 1. The topological polar surface area (TPSA) is 113 Å². The minimum atomic E-state index is -1.13. The van der Waals surface area contributed by atoms with Crippen LogP contribution in [-0.2, 0) is 20.8 Å². The van der Waals surface area contributed by atoms with Crippen LogP contribution >= 0.6 is 11.8 Å². The zero-order valence-corrected chi connectivity index (χ0v) is 16.8. The molecular formula is C22H21N3O4S. The Kier molecular flexibility index (Phi) is 5.61. The summed E-state index contributed by atoms with van der Waals surface area (Å²) < 4.78 is 0. The third-order valence-electron chi connectivity index (χ3n) is 5.25. The molecule has 7 nitrogen and oxygen atoms in total. The van der Waals surface area contributed by atoms with Gasteiger partial charge in [-0.2, -0.15) is 0 Å². The number of β-lactam (4-membered cyclic amide) rings is 1. The molecule has 2 amide bonds. The number of hydrogen-bond donors (Lipinski definition) is 3. The van der Waals surface area contributed by atoms with E-state index < -0.39 is 35.2 Å². The number of hydrogen-bond acceptors (Lipinski definition) is 5. The van der Waals surface area contributed by atoms with Crippen LogP contribution in [-0.4, -0.2) is 45.0 Å². The number of nitrogens with one attached hydrogen (secondary N) is 1. The number of aliphatic carboxylic acids is 1. The lowest BCUT2D eigenvalue weighted by Crippen LogP contribution is -2.71. The molecule has 2 aromatic rings. The SMILES string of the molecule is N[C@@H](C(=O)NC1C(=O)N2C(C(=O)O)=C(Cc3ccccc3)CS[C@H]12)c1ccccc1. The first-order valence-electron chi connectivity index (χ1n) is 9.52. The second kappa shape index (κ2) is 8.33. The van der Waals surface area contributed by atoms with Crippen LogP contribution in [0.4, 0.5) is 0 Å². The maximum absolute atomic E-state index is 12.8. The summed E-state index contributed by atoms with van der Waals surface area (Å²) in [7, 11) is 0. The van der Waals surface area contributed by atoms with Crippen LogP contribution in [0.1, 0.15) is 17.2 Å². The van der Waals surface area contributed by atoms with Crippen molar-refractivity contribution < 1.29 is 19.5 Å². The third kappa shape index (κ3) is 3.71. The second-order valence-corrected chi connectivity index (χ2v) is 8.31. The molecule has 30 heavy (non-hydrogen) atoms. The molecule has 0 spiro atoms. The summed E-state index contributed by atoms with van der Waals surface area (Å²) in [6, 6.07) is 16.7. The quantitative estimate of drug-likeness (QED) is 0.609. The molecule has 2 heterocycles. The third-order valence-corrected chi connectivity index (χ3v) is 6.59. The van der Waals surface area contributed by atoms with E-state index in [1.807, 2.05) is 36.4 Å². The molecule has 0 saturated carbocycles. The average molecular weight is 423 g/mol. The van der Waals surface area contributed by atoms with Gasteiger partial charge in [-0.3, -0.25) is 14.5 Å². The van der Waals surface area contributed by atoms with Gasteiger partial charge in [0, 0.05) is 5.75 Å². The largest absolute Gasteiger partial charge is 0.477 e. The van der Waals surface area contributed by atoms with Crippen LogP contribution in [0.25, 0.3) is 0 Å². The molecule has 2 aromatic carbocycles. The van der Waals surface area contributed by atoms with Crippen LogP contribution in [0.3, 0.4) is 0 Å². The van der Waals surface area contributed by atoms with Crippen LogP contribution in [0.15, 0.2) is 71.9 Å². The highest BCUT2D eigenvalue weighted by Gasteiger charge is 2.54. The van der Waals surface area contributed by atoms with E-state index in [2.05, 4.69) is 5.32 Å². The lowest BCUT2D eigenvalue weighted by Gasteiger charge is -2.49. The maximum Gasteiger partial charge on any atom is 0.352 e. The lowest BCUT2D eigenvalue weighted by molar-refractivity contribution is -0.150. The summed E-state index contributed by atoms with van der Waals surface area (Å²) >= 11 is 1.45. The number of fused-ring (bicyclic) bond motifs is 1. The number of carbonyl (C=O) groups is 3. The Morgan fingerprint density at radius 1 is 1.13 bits per heavy atom. The van der Waals surface area contributed by atoms with Crippen molar-refractivity contribution >= 4 is 29.5 Å². The first kappa shape index (κ1) is 20.2. The average Bonchev–Trinajstić information content (AvgIpc) is 2.77. The highest BCUT2D eigenvalue weighted by Crippen LogP contribution is 2.41. The standard InChI is InChI=1S/C22H21N3O4S/c23-16(14-9-5-2-6-10-14)19(26)24-17-20(27)25-18(22(28)29)15(12-30-21(17)25)11-13-7-3-1-4-8-13/h1-10,16-17,21H,11-12,23H2,(H,24,26)(H,28,29)/t16-,17?,21-/m1/s1. The molecule has 1 fully saturated rings. The van der Waals surface area contributed by atoms with Gasteiger partial charge in [0.15, 0.2) is 0 Å². The molecule has 2 aliphatic heterocycles. The van der Waals surface area contributed by atoms with Crippen LogP contribution in [0, 0.1) is 0 Å². The molecule has 0 radical (unpaired) electrons. The summed E-state index contributed by atoms with van der Waals surface area (Å²) in [4.78, 5) is 38.5. The molecule has 154 valence electrons.